The van der Waals surface area contributed by atoms with Gasteiger partial charge in [0, 0.05) is 13.2 Å². The topological polar surface area (TPSA) is 50.4 Å². The van der Waals surface area contributed by atoms with Crippen LogP contribution in [-0.4, -0.2) is 32.2 Å². The van der Waals surface area contributed by atoms with Crippen molar-refractivity contribution in [3.8, 4) is 0 Å². The largest absolute Gasteiger partial charge is 0.381 e. The van der Waals surface area contributed by atoms with Gasteiger partial charge in [-0.1, -0.05) is 12.1 Å². The van der Waals surface area contributed by atoms with Crippen LogP contribution in [-0.2, 0) is 9.53 Å². The lowest BCUT2D eigenvalue weighted by Gasteiger charge is -2.10. The molecular formula is C13H17FN2O2. The smallest absolute Gasteiger partial charge is 0.238 e. The van der Waals surface area contributed by atoms with Crippen LogP contribution in [0.2, 0.25) is 0 Å². The highest BCUT2D eigenvalue weighted by atomic mass is 19.1. The van der Waals surface area contributed by atoms with Gasteiger partial charge in [0.15, 0.2) is 0 Å². The van der Waals surface area contributed by atoms with Crippen molar-refractivity contribution in [1.29, 1.82) is 0 Å². The monoisotopic (exact) mass is 252 g/mol. The number of nitrogens with one attached hydrogen (secondary N) is 2. The summed E-state index contributed by atoms with van der Waals surface area (Å²) in [5.41, 5.74) is 0.216. The number of ether oxygens (including phenoxy) is 1. The Morgan fingerprint density at radius 2 is 2.28 bits per heavy atom. The molecule has 1 atom stereocenters. The quantitative estimate of drug-likeness (QED) is 0.832. The van der Waals surface area contributed by atoms with E-state index >= 15 is 0 Å². The fourth-order valence-electron chi connectivity index (χ4n) is 1.89. The second kappa shape index (κ2) is 6.47. The van der Waals surface area contributed by atoms with Crippen molar-refractivity contribution >= 4 is 11.6 Å². The van der Waals surface area contributed by atoms with Gasteiger partial charge in [-0.25, -0.2) is 4.39 Å². The van der Waals surface area contributed by atoms with E-state index in [-0.39, 0.29) is 18.1 Å². The van der Waals surface area contributed by atoms with E-state index in [0.717, 1.165) is 26.2 Å². The van der Waals surface area contributed by atoms with E-state index in [9.17, 15) is 9.18 Å². The number of para-hydroxylation sites is 1. The maximum absolute atomic E-state index is 13.3. The van der Waals surface area contributed by atoms with Crippen LogP contribution in [0.1, 0.15) is 6.42 Å². The molecule has 0 aliphatic carbocycles. The Morgan fingerprint density at radius 3 is 3.00 bits per heavy atom. The van der Waals surface area contributed by atoms with E-state index in [1.54, 1.807) is 12.1 Å². The predicted octanol–water partition coefficient (Wildman–Crippen LogP) is 1.39. The molecule has 0 bridgehead atoms. The lowest BCUT2D eigenvalue weighted by atomic mass is 10.1. The summed E-state index contributed by atoms with van der Waals surface area (Å²) in [5, 5.41) is 5.58. The molecule has 1 fully saturated rings. The second-order valence-corrected chi connectivity index (χ2v) is 4.39. The first-order chi connectivity index (χ1) is 8.75. The third-order valence-electron chi connectivity index (χ3n) is 2.89. The van der Waals surface area contributed by atoms with Crippen molar-refractivity contribution in [3.63, 3.8) is 0 Å². The van der Waals surface area contributed by atoms with Crippen LogP contribution in [0.15, 0.2) is 24.3 Å². The van der Waals surface area contributed by atoms with E-state index < -0.39 is 5.82 Å². The molecule has 2 rings (SSSR count). The fourth-order valence-corrected chi connectivity index (χ4v) is 1.89. The van der Waals surface area contributed by atoms with Crippen molar-refractivity contribution in [2.24, 2.45) is 5.92 Å². The number of hydrogen-bond donors (Lipinski definition) is 2. The minimum absolute atomic E-state index is 0.185. The molecule has 0 aromatic heterocycles. The molecule has 0 saturated carbocycles. The van der Waals surface area contributed by atoms with Gasteiger partial charge in [-0.3, -0.25) is 4.79 Å². The number of carbonyl (C=O) groups is 1. The third kappa shape index (κ3) is 3.78. The molecule has 1 aromatic rings. The summed E-state index contributed by atoms with van der Waals surface area (Å²) in [5.74, 6) is -0.180. The Labute approximate surface area is 106 Å². The number of halogens is 1. The first-order valence-electron chi connectivity index (χ1n) is 6.08. The van der Waals surface area contributed by atoms with Gasteiger partial charge < -0.3 is 15.4 Å². The van der Waals surface area contributed by atoms with Crippen LogP contribution in [0.5, 0.6) is 0 Å². The van der Waals surface area contributed by atoms with Crippen LogP contribution >= 0.6 is 0 Å². The van der Waals surface area contributed by atoms with E-state index in [0.29, 0.717) is 5.92 Å². The number of rotatable bonds is 5. The zero-order chi connectivity index (χ0) is 12.8. The highest BCUT2D eigenvalue weighted by Crippen LogP contribution is 2.12. The van der Waals surface area contributed by atoms with Gasteiger partial charge in [0.25, 0.3) is 0 Å². The van der Waals surface area contributed by atoms with Crippen LogP contribution in [0.3, 0.4) is 0 Å². The van der Waals surface area contributed by atoms with Gasteiger partial charge in [-0.05, 0) is 24.5 Å². The molecule has 1 aliphatic rings. The molecule has 4 nitrogen and oxygen atoms in total. The highest BCUT2D eigenvalue weighted by molar-refractivity contribution is 5.92. The zero-order valence-corrected chi connectivity index (χ0v) is 10.1. The molecule has 1 saturated heterocycles. The fraction of sp³-hybridized carbons (Fsp3) is 0.462. The molecule has 2 N–H and O–H groups in total. The van der Waals surface area contributed by atoms with Crippen LogP contribution in [0.25, 0.3) is 0 Å². The van der Waals surface area contributed by atoms with Crippen molar-refractivity contribution in [2.45, 2.75) is 6.42 Å². The summed E-state index contributed by atoms with van der Waals surface area (Å²) in [6.45, 7) is 2.49. The lowest BCUT2D eigenvalue weighted by Crippen LogP contribution is -2.32. The summed E-state index contributed by atoms with van der Waals surface area (Å²) in [7, 11) is 0. The second-order valence-electron chi connectivity index (χ2n) is 4.39. The van der Waals surface area contributed by atoms with Crippen molar-refractivity contribution in [2.75, 3.05) is 31.6 Å². The van der Waals surface area contributed by atoms with Crippen molar-refractivity contribution < 1.29 is 13.9 Å². The molecule has 1 heterocycles. The van der Waals surface area contributed by atoms with Crippen LogP contribution in [0.4, 0.5) is 10.1 Å². The number of amides is 1. The van der Waals surface area contributed by atoms with E-state index in [4.69, 9.17) is 4.74 Å². The summed E-state index contributed by atoms with van der Waals surface area (Å²) in [4.78, 5) is 11.6. The average Bonchev–Trinajstić information content (AvgIpc) is 2.85. The normalized spacial score (nSPS) is 18.8. The molecule has 1 aliphatic heterocycles. The average molecular weight is 252 g/mol. The van der Waals surface area contributed by atoms with Gasteiger partial charge in [0.1, 0.15) is 5.82 Å². The summed E-state index contributed by atoms with van der Waals surface area (Å²) < 4.78 is 18.5. The van der Waals surface area contributed by atoms with Gasteiger partial charge >= 0.3 is 0 Å². The van der Waals surface area contributed by atoms with Crippen molar-refractivity contribution in [1.82, 2.24) is 5.32 Å². The molecular weight excluding hydrogens is 235 g/mol. The lowest BCUT2D eigenvalue weighted by molar-refractivity contribution is -0.115. The Kier molecular flexibility index (Phi) is 4.66. The van der Waals surface area contributed by atoms with Crippen molar-refractivity contribution in [3.05, 3.63) is 30.1 Å². The molecule has 18 heavy (non-hydrogen) atoms. The van der Waals surface area contributed by atoms with Crippen LogP contribution < -0.4 is 10.6 Å². The predicted molar refractivity (Wildman–Crippen MR) is 66.8 cm³/mol. The molecule has 0 spiro atoms. The number of anilines is 1. The van der Waals surface area contributed by atoms with Gasteiger partial charge in [0.2, 0.25) is 5.91 Å². The van der Waals surface area contributed by atoms with Crippen LogP contribution in [0, 0.1) is 11.7 Å². The minimum atomic E-state index is -0.421. The van der Waals surface area contributed by atoms with Gasteiger partial charge in [-0.15, -0.1) is 0 Å². The van der Waals surface area contributed by atoms with E-state index in [1.807, 2.05) is 0 Å². The Hall–Kier alpha value is -1.46. The molecule has 98 valence electrons. The third-order valence-corrected chi connectivity index (χ3v) is 2.89. The zero-order valence-electron chi connectivity index (χ0n) is 10.1. The first-order valence-corrected chi connectivity index (χ1v) is 6.08. The number of carbonyl (C=O) groups excluding carboxylic acids is 1. The first kappa shape index (κ1) is 13.0. The van der Waals surface area contributed by atoms with Gasteiger partial charge in [0.05, 0.1) is 18.8 Å². The molecule has 0 radical (unpaired) electrons. The van der Waals surface area contributed by atoms with Gasteiger partial charge in [-0.2, -0.15) is 0 Å². The summed E-state index contributed by atoms with van der Waals surface area (Å²) in [6.07, 6.45) is 1.03. The van der Waals surface area contributed by atoms with E-state index in [2.05, 4.69) is 10.6 Å². The summed E-state index contributed by atoms with van der Waals surface area (Å²) >= 11 is 0. The standard InChI is InChI=1S/C13H17FN2O2/c14-11-3-1-2-4-12(11)16-13(17)8-15-7-10-5-6-18-9-10/h1-4,10,15H,5-9H2,(H,16,17). The summed E-state index contributed by atoms with van der Waals surface area (Å²) in [6, 6.07) is 6.13. The number of benzene rings is 1. The maximum atomic E-state index is 13.3. The molecule has 1 unspecified atom stereocenters. The molecule has 5 heteroatoms. The molecule has 1 aromatic carbocycles. The number of hydrogen-bond acceptors (Lipinski definition) is 3. The molecule has 1 amide bonds. The van der Waals surface area contributed by atoms with E-state index in [1.165, 1.54) is 12.1 Å². The maximum Gasteiger partial charge on any atom is 0.238 e. The highest BCUT2D eigenvalue weighted by Gasteiger charge is 2.15. The Balaban J connectivity index is 1.70. The minimum Gasteiger partial charge on any atom is -0.381 e. The Morgan fingerprint density at radius 1 is 1.44 bits per heavy atom. The Bertz CT molecular complexity index is 406. The SMILES string of the molecule is O=C(CNCC1CCOC1)Nc1ccccc1F.